The Labute approximate surface area is 127 Å². The summed E-state index contributed by atoms with van der Waals surface area (Å²) < 4.78 is 5.55. The third-order valence-corrected chi connectivity index (χ3v) is 3.90. The third kappa shape index (κ3) is 4.83. The largest absolute Gasteiger partial charge is 0.375 e. The number of rotatable bonds is 5. The lowest BCUT2D eigenvalue weighted by Crippen LogP contribution is -2.41. The van der Waals surface area contributed by atoms with Gasteiger partial charge in [-0.25, -0.2) is 0 Å². The fourth-order valence-electron chi connectivity index (χ4n) is 2.51. The molecule has 4 heteroatoms. The Morgan fingerprint density at radius 1 is 1.29 bits per heavy atom. The molecule has 0 spiro atoms. The van der Waals surface area contributed by atoms with Crippen molar-refractivity contribution in [2.75, 3.05) is 19.7 Å². The van der Waals surface area contributed by atoms with Crippen LogP contribution >= 0.6 is 0 Å². The molecule has 21 heavy (non-hydrogen) atoms. The molecule has 2 unspecified atom stereocenters. The maximum atomic E-state index is 12.1. The van der Waals surface area contributed by atoms with E-state index in [0.29, 0.717) is 18.9 Å². The van der Waals surface area contributed by atoms with Crippen molar-refractivity contribution < 1.29 is 9.53 Å². The van der Waals surface area contributed by atoms with Gasteiger partial charge in [-0.05, 0) is 24.0 Å². The standard InChI is InChI=1S/C17H26N2O2/c1-12(2)14-4-6-15(7-5-14)13(3)19-17(20)10-16-11-18-8-9-21-16/h4-7,12-13,16,18H,8-11H2,1-3H3,(H,19,20). The van der Waals surface area contributed by atoms with Crippen molar-refractivity contribution in [1.82, 2.24) is 10.6 Å². The summed E-state index contributed by atoms with van der Waals surface area (Å²) >= 11 is 0. The molecule has 4 nitrogen and oxygen atoms in total. The summed E-state index contributed by atoms with van der Waals surface area (Å²) in [6, 6.07) is 8.49. The molecule has 0 bridgehead atoms. The molecule has 1 heterocycles. The number of benzene rings is 1. The van der Waals surface area contributed by atoms with Crippen LogP contribution in [0.15, 0.2) is 24.3 Å². The third-order valence-electron chi connectivity index (χ3n) is 3.90. The zero-order chi connectivity index (χ0) is 15.2. The molecule has 0 aromatic heterocycles. The highest BCUT2D eigenvalue weighted by molar-refractivity contribution is 5.77. The number of ether oxygens (including phenoxy) is 1. The zero-order valence-electron chi connectivity index (χ0n) is 13.2. The maximum Gasteiger partial charge on any atom is 0.223 e. The van der Waals surface area contributed by atoms with Gasteiger partial charge in [-0.1, -0.05) is 38.1 Å². The average Bonchev–Trinajstić information content (AvgIpc) is 2.48. The van der Waals surface area contributed by atoms with Gasteiger partial charge in [0.05, 0.1) is 25.2 Å². The number of carbonyl (C=O) groups is 1. The minimum Gasteiger partial charge on any atom is -0.375 e. The number of carbonyl (C=O) groups excluding carboxylic acids is 1. The minimum absolute atomic E-state index is 0.00531. The van der Waals surface area contributed by atoms with Crippen molar-refractivity contribution in [1.29, 1.82) is 0 Å². The van der Waals surface area contributed by atoms with E-state index in [1.54, 1.807) is 0 Å². The molecule has 1 saturated heterocycles. The highest BCUT2D eigenvalue weighted by Gasteiger charge is 2.18. The second-order valence-electron chi connectivity index (χ2n) is 6.01. The fraction of sp³-hybridized carbons (Fsp3) is 0.588. The summed E-state index contributed by atoms with van der Waals surface area (Å²) in [7, 11) is 0. The Balaban J connectivity index is 1.84. The Morgan fingerprint density at radius 3 is 2.52 bits per heavy atom. The smallest absolute Gasteiger partial charge is 0.223 e. The van der Waals surface area contributed by atoms with Crippen LogP contribution < -0.4 is 10.6 Å². The van der Waals surface area contributed by atoms with Gasteiger partial charge in [-0.2, -0.15) is 0 Å². The van der Waals surface area contributed by atoms with Gasteiger partial charge >= 0.3 is 0 Å². The lowest BCUT2D eigenvalue weighted by atomic mass is 9.99. The van der Waals surface area contributed by atoms with Gasteiger partial charge in [0.25, 0.3) is 0 Å². The molecule has 2 rings (SSSR count). The molecular weight excluding hydrogens is 264 g/mol. The van der Waals surface area contributed by atoms with Crippen molar-refractivity contribution in [2.24, 2.45) is 0 Å². The van der Waals surface area contributed by atoms with E-state index in [-0.39, 0.29) is 18.1 Å². The molecule has 0 aliphatic carbocycles. The first kappa shape index (κ1) is 16.0. The molecule has 1 aromatic carbocycles. The van der Waals surface area contributed by atoms with Crippen molar-refractivity contribution >= 4 is 5.91 Å². The Bertz CT molecular complexity index is 450. The number of amides is 1. The lowest BCUT2D eigenvalue weighted by molar-refractivity contribution is -0.125. The first-order valence-corrected chi connectivity index (χ1v) is 7.78. The number of nitrogens with one attached hydrogen (secondary N) is 2. The summed E-state index contributed by atoms with van der Waals surface area (Å²) in [6.45, 7) is 8.69. The molecule has 0 radical (unpaired) electrons. The summed E-state index contributed by atoms with van der Waals surface area (Å²) in [4.78, 5) is 12.1. The highest BCUT2D eigenvalue weighted by Crippen LogP contribution is 2.18. The molecule has 116 valence electrons. The second-order valence-corrected chi connectivity index (χ2v) is 6.01. The summed E-state index contributed by atoms with van der Waals surface area (Å²) in [5.74, 6) is 0.573. The van der Waals surface area contributed by atoms with Crippen LogP contribution in [0.5, 0.6) is 0 Å². The van der Waals surface area contributed by atoms with E-state index in [0.717, 1.165) is 18.7 Å². The van der Waals surface area contributed by atoms with E-state index in [1.807, 2.05) is 6.92 Å². The van der Waals surface area contributed by atoms with E-state index in [1.165, 1.54) is 5.56 Å². The Hall–Kier alpha value is -1.39. The van der Waals surface area contributed by atoms with Crippen LogP contribution in [-0.2, 0) is 9.53 Å². The Kier molecular flexibility index (Phi) is 5.76. The van der Waals surface area contributed by atoms with Crippen LogP contribution in [0.2, 0.25) is 0 Å². The van der Waals surface area contributed by atoms with E-state index >= 15 is 0 Å². The minimum atomic E-state index is -0.00531. The Morgan fingerprint density at radius 2 is 1.95 bits per heavy atom. The summed E-state index contributed by atoms with van der Waals surface area (Å²) in [6.07, 6.45) is 0.413. The molecule has 2 N–H and O–H groups in total. The van der Waals surface area contributed by atoms with Gasteiger partial charge in [0, 0.05) is 13.1 Å². The van der Waals surface area contributed by atoms with Gasteiger partial charge in [0.1, 0.15) is 0 Å². The number of hydrogen-bond donors (Lipinski definition) is 2. The second kappa shape index (κ2) is 7.57. The van der Waals surface area contributed by atoms with E-state index < -0.39 is 0 Å². The summed E-state index contributed by atoms with van der Waals surface area (Å²) in [5, 5.41) is 6.28. The van der Waals surface area contributed by atoms with Gasteiger partial charge in [-0.15, -0.1) is 0 Å². The molecule has 1 aliphatic rings. The van der Waals surface area contributed by atoms with Crippen LogP contribution in [0.4, 0.5) is 0 Å². The normalized spacial score (nSPS) is 20.3. The molecule has 0 saturated carbocycles. The first-order chi connectivity index (χ1) is 10.1. The highest BCUT2D eigenvalue weighted by atomic mass is 16.5. The van der Waals surface area contributed by atoms with Crippen LogP contribution in [0, 0.1) is 0 Å². The predicted octanol–water partition coefficient (Wildman–Crippen LogP) is 2.37. The van der Waals surface area contributed by atoms with Crippen LogP contribution in [0.1, 0.15) is 50.3 Å². The van der Waals surface area contributed by atoms with Crippen LogP contribution in [0.3, 0.4) is 0 Å². The van der Waals surface area contributed by atoms with Crippen LogP contribution in [0.25, 0.3) is 0 Å². The van der Waals surface area contributed by atoms with Crippen molar-refractivity contribution in [3.8, 4) is 0 Å². The van der Waals surface area contributed by atoms with E-state index in [2.05, 4.69) is 48.7 Å². The van der Waals surface area contributed by atoms with Gasteiger partial charge in [0.2, 0.25) is 5.91 Å². The van der Waals surface area contributed by atoms with Crippen LogP contribution in [-0.4, -0.2) is 31.7 Å². The molecule has 2 atom stereocenters. The number of hydrogen-bond acceptors (Lipinski definition) is 3. The molecule has 1 amide bonds. The number of morpholine rings is 1. The van der Waals surface area contributed by atoms with Gasteiger partial charge in [0.15, 0.2) is 0 Å². The zero-order valence-corrected chi connectivity index (χ0v) is 13.2. The lowest BCUT2D eigenvalue weighted by Gasteiger charge is -2.24. The van der Waals surface area contributed by atoms with Gasteiger partial charge in [-0.3, -0.25) is 4.79 Å². The molecule has 1 fully saturated rings. The van der Waals surface area contributed by atoms with Crippen molar-refractivity contribution in [3.63, 3.8) is 0 Å². The van der Waals surface area contributed by atoms with E-state index in [4.69, 9.17) is 4.74 Å². The quantitative estimate of drug-likeness (QED) is 0.875. The van der Waals surface area contributed by atoms with Gasteiger partial charge < -0.3 is 15.4 Å². The first-order valence-electron chi connectivity index (χ1n) is 7.78. The van der Waals surface area contributed by atoms with Crippen molar-refractivity contribution in [3.05, 3.63) is 35.4 Å². The predicted molar refractivity (Wildman–Crippen MR) is 84.3 cm³/mol. The molecule has 1 aliphatic heterocycles. The topological polar surface area (TPSA) is 50.4 Å². The fourth-order valence-corrected chi connectivity index (χ4v) is 2.51. The maximum absolute atomic E-state index is 12.1. The van der Waals surface area contributed by atoms with Crippen molar-refractivity contribution in [2.45, 2.75) is 45.3 Å². The average molecular weight is 290 g/mol. The van der Waals surface area contributed by atoms with E-state index in [9.17, 15) is 4.79 Å². The molecule has 1 aromatic rings. The summed E-state index contributed by atoms with van der Waals surface area (Å²) in [5.41, 5.74) is 2.45. The monoisotopic (exact) mass is 290 g/mol. The molecular formula is C17H26N2O2. The SMILES string of the molecule is CC(C)c1ccc(C(C)NC(=O)CC2CNCCO2)cc1.